The van der Waals surface area contributed by atoms with E-state index >= 15 is 0 Å². The number of hydrogen-bond acceptors (Lipinski definition) is 8. The zero-order chi connectivity index (χ0) is 37.8. The summed E-state index contributed by atoms with van der Waals surface area (Å²) < 4.78 is 9.16. The Kier molecular flexibility index (Phi) is 9.28. The van der Waals surface area contributed by atoms with E-state index in [0.717, 1.165) is 34.1 Å². The maximum atomic E-state index is 13.9. The molecular formula is C42H44N6O3S2. The van der Waals surface area contributed by atoms with Gasteiger partial charge in [0.2, 0.25) is 5.60 Å². The van der Waals surface area contributed by atoms with Gasteiger partial charge in [0, 0.05) is 28.3 Å². The van der Waals surface area contributed by atoms with Crippen molar-refractivity contribution >= 4 is 40.2 Å². The SMILES string of the molecule is CCC(C)(C)c1ccc(OC2(CC)C(=O)NC23C=CC(c2nc4c(C#N)c(-c5ccccc5)c(Sc5nccs5)n4c(=O)[nH]2)=CC3)c(C(C)(C)CC)c1. The summed E-state index contributed by atoms with van der Waals surface area (Å²) in [6, 6.07) is 18.3. The molecule has 1 spiro atoms. The molecule has 1 aliphatic carbocycles. The van der Waals surface area contributed by atoms with Crippen molar-refractivity contribution in [3.05, 3.63) is 111 Å². The summed E-state index contributed by atoms with van der Waals surface area (Å²) in [4.78, 5) is 39.9. The predicted octanol–water partition coefficient (Wildman–Crippen LogP) is 8.98. The van der Waals surface area contributed by atoms with Gasteiger partial charge in [-0.25, -0.2) is 19.2 Å². The summed E-state index contributed by atoms with van der Waals surface area (Å²) in [6.07, 6.45) is 10.3. The minimum absolute atomic E-state index is 0.000383. The van der Waals surface area contributed by atoms with Crippen LogP contribution in [0.4, 0.5) is 0 Å². The summed E-state index contributed by atoms with van der Waals surface area (Å²) >= 11 is 2.79. The Labute approximate surface area is 318 Å². The number of carbonyl (C=O) groups excluding carboxylic acids is 1. The van der Waals surface area contributed by atoms with Crippen molar-refractivity contribution in [2.75, 3.05) is 0 Å². The number of ether oxygens (including phenoxy) is 1. The van der Waals surface area contributed by atoms with Crippen LogP contribution in [0, 0.1) is 11.3 Å². The Bertz CT molecular complexity index is 2380. The quantitative estimate of drug-likeness (QED) is 0.129. The van der Waals surface area contributed by atoms with Gasteiger partial charge in [0.05, 0.1) is 0 Å². The molecule has 11 heteroatoms. The minimum Gasteiger partial charge on any atom is -0.474 e. The van der Waals surface area contributed by atoms with Crippen molar-refractivity contribution in [3.63, 3.8) is 0 Å². The van der Waals surface area contributed by atoms with Crippen molar-refractivity contribution < 1.29 is 9.53 Å². The fourth-order valence-electron chi connectivity index (χ4n) is 7.27. The van der Waals surface area contributed by atoms with E-state index < -0.39 is 16.8 Å². The van der Waals surface area contributed by atoms with Crippen LogP contribution in [0.15, 0.2) is 92.5 Å². The molecule has 4 heterocycles. The van der Waals surface area contributed by atoms with Crippen molar-refractivity contribution in [2.24, 2.45) is 0 Å². The number of amides is 1. The number of H-pyrrole nitrogens is 1. The summed E-state index contributed by atoms with van der Waals surface area (Å²) in [5.41, 5.74) is 2.50. The number of aromatic nitrogens is 4. The number of nitrogens with one attached hydrogen (secondary N) is 2. The van der Waals surface area contributed by atoms with E-state index in [4.69, 9.17) is 9.72 Å². The molecule has 1 saturated heterocycles. The maximum absolute atomic E-state index is 13.9. The Morgan fingerprint density at radius 2 is 1.81 bits per heavy atom. The van der Waals surface area contributed by atoms with Gasteiger partial charge in [0.15, 0.2) is 9.99 Å². The van der Waals surface area contributed by atoms with Gasteiger partial charge in [-0.2, -0.15) is 5.26 Å². The number of rotatable bonds is 11. The number of nitrogens with zero attached hydrogens (tertiary/aromatic N) is 4. The van der Waals surface area contributed by atoms with Crippen LogP contribution in [0.25, 0.3) is 22.3 Å². The second-order valence-electron chi connectivity index (χ2n) is 15.1. The molecule has 0 saturated carbocycles. The third-order valence-electron chi connectivity index (χ3n) is 11.4. The second kappa shape index (κ2) is 13.5. The van der Waals surface area contributed by atoms with Crippen LogP contribution in [-0.2, 0) is 15.6 Å². The Morgan fingerprint density at radius 1 is 1.06 bits per heavy atom. The summed E-state index contributed by atoms with van der Waals surface area (Å²) in [5, 5.41) is 16.1. The molecule has 53 heavy (non-hydrogen) atoms. The third-order valence-corrected chi connectivity index (χ3v) is 13.4. The predicted molar refractivity (Wildman–Crippen MR) is 212 cm³/mol. The van der Waals surface area contributed by atoms with Crippen LogP contribution in [0.2, 0.25) is 0 Å². The van der Waals surface area contributed by atoms with E-state index in [9.17, 15) is 14.9 Å². The van der Waals surface area contributed by atoms with Crippen LogP contribution in [0.3, 0.4) is 0 Å². The molecule has 0 bridgehead atoms. The molecule has 5 aromatic rings. The lowest BCUT2D eigenvalue weighted by Gasteiger charge is -2.56. The molecule has 7 rings (SSSR count). The molecule has 2 N–H and O–H groups in total. The van der Waals surface area contributed by atoms with E-state index in [2.05, 4.69) is 75.0 Å². The first-order valence-electron chi connectivity index (χ1n) is 18.1. The summed E-state index contributed by atoms with van der Waals surface area (Å²) in [6.45, 7) is 15.3. The van der Waals surface area contributed by atoms with Crippen molar-refractivity contribution in [1.82, 2.24) is 24.7 Å². The molecule has 0 radical (unpaired) electrons. The molecule has 272 valence electrons. The number of aromatic amines is 1. The molecule has 9 nitrogen and oxygen atoms in total. The number of fused-ring (bicyclic) bond motifs is 1. The third kappa shape index (κ3) is 5.92. The van der Waals surface area contributed by atoms with Crippen LogP contribution in [0.5, 0.6) is 5.75 Å². The zero-order valence-corrected chi connectivity index (χ0v) is 32.8. The van der Waals surface area contributed by atoms with Crippen LogP contribution < -0.4 is 15.7 Å². The summed E-state index contributed by atoms with van der Waals surface area (Å²) in [7, 11) is 0. The molecule has 2 aliphatic rings. The minimum atomic E-state index is -1.14. The smallest absolute Gasteiger partial charge is 0.333 e. The monoisotopic (exact) mass is 744 g/mol. The molecule has 1 amide bonds. The van der Waals surface area contributed by atoms with Gasteiger partial charge in [-0.3, -0.25) is 9.78 Å². The topological polar surface area (TPSA) is 125 Å². The molecule has 2 atom stereocenters. The molecule has 1 fully saturated rings. The number of β-lactam (4-membered cyclic amide) rings is 1. The molecule has 3 aromatic heterocycles. The molecule has 1 aliphatic heterocycles. The van der Waals surface area contributed by atoms with Gasteiger partial charge in [0.25, 0.3) is 5.91 Å². The van der Waals surface area contributed by atoms with Crippen molar-refractivity contribution in [1.29, 1.82) is 5.26 Å². The Morgan fingerprint density at radius 3 is 2.42 bits per heavy atom. The number of nitriles is 1. The van der Waals surface area contributed by atoms with Crippen LogP contribution in [0.1, 0.15) is 96.7 Å². The lowest BCUT2D eigenvalue weighted by atomic mass is 9.65. The summed E-state index contributed by atoms with van der Waals surface area (Å²) in [5.74, 6) is 0.905. The first-order valence-corrected chi connectivity index (χ1v) is 19.8. The first kappa shape index (κ1) is 36.4. The van der Waals surface area contributed by atoms with Gasteiger partial charge < -0.3 is 10.1 Å². The second-order valence-corrected chi connectivity index (χ2v) is 17.2. The fraction of sp³-hybridized carbons (Fsp3) is 0.357. The van der Waals surface area contributed by atoms with E-state index in [1.807, 2.05) is 66.9 Å². The van der Waals surface area contributed by atoms with Crippen molar-refractivity contribution in [3.8, 4) is 22.9 Å². The first-order chi connectivity index (χ1) is 25.3. The van der Waals surface area contributed by atoms with E-state index in [1.165, 1.54) is 33.1 Å². The highest BCUT2D eigenvalue weighted by Gasteiger charge is 2.66. The average Bonchev–Trinajstić information content (AvgIpc) is 3.80. The number of benzene rings is 2. The van der Waals surface area contributed by atoms with Gasteiger partial charge in [-0.05, 0) is 65.5 Å². The lowest BCUT2D eigenvalue weighted by molar-refractivity contribution is -0.165. The lowest BCUT2D eigenvalue weighted by Crippen LogP contribution is -2.82. The van der Waals surface area contributed by atoms with Crippen molar-refractivity contribution in [2.45, 2.75) is 105 Å². The highest BCUT2D eigenvalue weighted by Crippen LogP contribution is 2.48. The Balaban J connectivity index is 1.27. The number of hydrogen-bond donors (Lipinski definition) is 2. The number of carbonyl (C=O) groups is 1. The molecule has 2 unspecified atom stereocenters. The van der Waals surface area contributed by atoms with E-state index in [1.54, 1.807) is 6.20 Å². The van der Waals surface area contributed by atoms with Crippen LogP contribution in [-0.4, -0.2) is 36.4 Å². The number of allylic oxidation sites excluding steroid dienone is 2. The van der Waals surface area contributed by atoms with Gasteiger partial charge in [0.1, 0.15) is 33.8 Å². The standard InChI is InChI=1S/C42H44N6O3S2/c1-8-39(4,5)28-16-17-31(30(24-28)40(6,7)9-2)51-42(10-3)36(49)47-41(42)20-18-27(19-21-41)33-45-34-29(25-43)32(26-14-12-11-13-15-26)35(48(34)37(50)46-33)53-38-44-22-23-52-38/h11-20,22-24H,8-10,21H2,1-7H3,(H,47,49)(H,45,46,50). The van der Waals surface area contributed by atoms with E-state index in [-0.39, 0.29) is 22.4 Å². The van der Waals surface area contributed by atoms with E-state index in [0.29, 0.717) is 40.4 Å². The molecular weight excluding hydrogens is 701 g/mol. The van der Waals surface area contributed by atoms with Crippen LogP contribution >= 0.6 is 23.1 Å². The zero-order valence-electron chi connectivity index (χ0n) is 31.2. The van der Waals surface area contributed by atoms with Gasteiger partial charge in [-0.15, -0.1) is 11.3 Å². The normalized spacial score (nSPS) is 19.9. The average molecular weight is 745 g/mol. The van der Waals surface area contributed by atoms with Gasteiger partial charge >= 0.3 is 5.69 Å². The van der Waals surface area contributed by atoms with Gasteiger partial charge in [-0.1, -0.05) is 109 Å². The largest absolute Gasteiger partial charge is 0.474 e. The number of thiazole rings is 1. The highest BCUT2D eigenvalue weighted by atomic mass is 32.2. The Hall–Kier alpha value is -4.92. The molecule has 2 aromatic carbocycles. The fourth-order valence-corrected chi connectivity index (χ4v) is 9.08. The highest BCUT2D eigenvalue weighted by molar-refractivity contribution is 8.01. The maximum Gasteiger partial charge on any atom is 0.333 e.